The molecule has 6 heteroatoms. The van der Waals surface area contributed by atoms with Crippen LogP contribution >= 0.6 is 11.6 Å². The van der Waals surface area contributed by atoms with E-state index in [2.05, 4.69) is 5.16 Å². The first-order chi connectivity index (χ1) is 8.70. The van der Waals surface area contributed by atoms with Crippen LogP contribution < -0.4 is 10.5 Å². The fourth-order valence-corrected chi connectivity index (χ4v) is 2.01. The van der Waals surface area contributed by atoms with Gasteiger partial charge in [-0.05, 0) is 31.0 Å². The van der Waals surface area contributed by atoms with E-state index in [1.807, 2.05) is 0 Å². The zero-order valence-corrected chi connectivity index (χ0v) is 10.6. The van der Waals surface area contributed by atoms with Gasteiger partial charge in [0, 0.05) is 11.6 Å². The Bertz CT molecular complexity index is 445. The van der Waals surface area contributed by atoms with E-state index in [0.29, 0.717) is 22.9 Å². The number of hydrogen-bond donors (Lipinski definition) is 2. The van der Waals surface area contributed by atoms with Crippen LogP contribution in [0.15, 0.2) is 23.4 Å². The molecule has 0 spiro atoms. The molecule has 1 heterocycles. The smallest absolute Gasteiger partial charge is 0.173 e. The summed E-state index contributed by atoms with van der Waals surface area (Å²) in [6, 6.07) is 4.99. The first-order valence-electron chi connectivity index (χ1n) is 5.72. The van der Waals surface area contributed by atoms with Gasteiger partial charge < -0.3 is 20.4 Å². The summed E-state index contributed by atoms with van der Waals surface area (Å²) in [5.74, 6) is 0.505. The van der Waals surface area contributed by atoms with Crippen molar-refractivity contribution in [1.82, 2.24) is 0 Å². The molecule has 2 rings (SSSR count). The quantitative estimate of drug-likeness (QED) is 0.380. The molecule has 98 valence electrons. The molecule has 0 aliphatic carbocycles. The predicted octanol–water partition coefficient (Wildman–Crippen LogP) is 1.99. The average molecular weight is 271 g/mol. The second-order valence-corrected chi connectivity index (χ2v) is 4.51. The monoisotopic (exact) mass is 270 g/mol. The maximum Gasteiger partial charge on any atom is 0.173 e. The normalized spacial score (nSPS) is 20.1. The molecule has 0 bridgehead atoms. The minimum atomic E-state index is -0.0279. The van der Waals surface area contributed by atoms with Gasteiger partial charge in [-0.15, -0.1) is 0 Å². The molecule has 5 nitrogen and oxygen atoms in total. The molecule has 3 N–H and O–H groups in total. The van der Waals surface area contributed by atoms with Gasteiger partial charge in [-0.3, -0.25) is 0 Å². The molecule has 1 aromatic rings. The number of oxime groups is 1. The largest absolute Gasteiger partial charge is 0.490 e. The standard InChI is InChI=1S/C12H15ClN2O3/c13-8-3-4-11(10(6-8)12(14)15-16)18-7-9-2-1-5-17-9/h3-4,6,9,16H,1-2,5,7H2,(H2,14,15). The first-order valence-corrected chi connectivity index (χ1v) is 6.10. The number of benzene rings is 1. The third-order valence-corrected chi connectivity index (χ3v) is 3.01. The molecule has 0 amide bonds. The Hall–Kier alpha value is -1.46. The summed E-state index contributed by atoms with van der Waals surface area (Å²) >= 11 is 5.87. The molecule has 1 unspecified atom stereocenters. The van der Waals surface area contributed by atoms with Crippen LogP contribution in [-0.4, -0.2) is 30.4 Å². The molecular weight excluding hydrogens is 256 g/mol. The topological polar surface area (TPSA) is 77.1 Å². The molecule has 1 aromatic carbocycles. The Morgan fingerprint density at radius 1 is 1.61 bits per heavy atom. The Labute approximate surface area is 110 Å². The van der Waals surface area contributed by atoms with Crippen LogP contribution in [0.4, 0.5) is 0 Å². The van der Waals surface area contributed by atoms with Crippen molar-refractivity contribution >= 4 is 17.4 Å². The highest BCUT2D eigenvalue weighted by molar-refractivity contribution is 6.31. The van der Waals surface area contributed by atoms with Crippen molar-refractivity contribution in [3.63, 3.8) is 0 Å². The number of amidine groups is 1. The maximum absolute atomic E-state index is 8.72. The van der Waals surface area contributed by atoms with Gasteiger partial charge in [-0.2, -0.15) is 0 Å². The molecule has 1 saturated heterocycles. The van der Waals surface area contributed by atoms with Gasteiger partial charge >= 0.3 is 0 Å². The molecule has 18 heavy (non-hydrogen) atoms. The molecule has 1 atom stereocenters. The lowest BCUT2D eigenvalue weighted by atomic mass is 10.2. The summed E-state index contributed by atoms with van der Waals surface area (Å²) in [5, 5.41) is 12.2. The van der Waals surface area contributed by atoms with E-state index in [0.717, 1.165) is 19.4 Å². The Morgan fingerprint density at radius 3 is 3.11 bits per heavy atom. The lowest BCUT2D eigenvalue weighted by Crippen LogP contribution is -2.19. The number of ether oxygens (including phenoxy) is 2. The maximum atomic E-state index is 8.72. The van der Waals surface area contributed by atoms with Crippen molar-refractivity contribution in [2.24, 2.45) is 10.9 Å². The summed E-state index contributed by atoms with van der Waals surface area (Å²) in [6.07, 6.45) is 2.16. The minimum absolute atomic E-state index is 0.0279. The fraction of sp³-hybridized carbons (Fsp3) is 0.417. The average Bonchev–Trinajstić information content (AvgIpc) is 2.89. The van der Waals surface area contributed by atoms with E-state index in [1.54, 1.807) is 18.2 Å². The van der Waals surface area contributed by atoms with Crippen molar-refractivity contribution < 1.29 is 14.7 Å². The van der Waals surface area contributed by atoms with Gasteiger partial charge in [0.15, 0.2) is 5.84 Å². The predicted molar refractivity (Wildman–Crippen MR) is 68.4 cm³/mol. The zero-order chi connectivity index (χ0) is 13.0. The van der Waals surface area contributed by atoms with E-state index >= 15 is 0 Å². The highest BCUT2D eigenvalue weighted by Crippen LogP contribution is 2.24. The number of nitrogens with two attached hydrogens (primary N) is 1. The molecule has 0 saturated carbocycles. The van der Waals surface area contributed by atoms with Gasteiger partial charge in [0.05, 0.1) is 11.7 Å². The summed E-state index contributed by atoms with van der Waals surface area (Å²) in [5.41, 5.74) is 6.05. The SMILES string of the molecule is NC(=NO)c1cc(Cl)ccc1OCC1CCCO1. The van der Waals surface area contributed by atoms with Crippen LogP contribution in [0.2, 0.25) is 5.02 Å². The summed E-state index contributed by atoms with van der Waals surface area (Å²) in [4.78, 5) is 0. The minimum Gasteiger partial charge on any atom is -0.490 e. The zero-order valence-electron chi connectivity index (χ0n) is 9.80. The highest BCUT2D eigenvalue weighted by Gasteiger charge is 2.17. The Kier molecular flexibility index (Phi) is 4.28. The summed E-state index contributed by atoms with van der Waals surface area (Å²) in [7, 11) is 0. The molecule has 1 aliphatic heterocycles. The molecular formula is C12H15ClN2O3. The Balaban J connectivity index is 2.10. The van der Waals surface area contributed by atoms with E-state index < -0.39 is 0 Å². The van der Waals surface area contributed by atoms with Crippen LogP contribution in [-0.2, 0) is 4.74 Å². The van der Waals surface area contributed by atoms with E-state index in [1.165, 1.54) is 0 Å². The number of nitrogens with zero attached hydrogens (tertiary/aromatic N) is 1. The van der Waals surface area contributed by atoms with Crippen LogP contribution in [0.3, 0.4) is 0 Å². The van der Waals surface area contributed by atoms with Gasteiger partial charge in [-0.25, -0.2) is 0 Å². The number of halogens is 1. The third-order valence-electron chi connectivity index (χ3n) is 2.77. The van der Waals surface area contributed by atoms with Crippen molar-refractivity contribution in [3.8, 4) is 5.75 Å². The van der Waals surface area contributed by atoms with Gasteiger partial charge in [0.2, 0.25) is 0 Å². The first kappa shape index (κ1) is 13.0. The molecule has 0 aromatic heterocycles. The van der Waals surface area contributed by atoms with Gasteiger partial charge in [-0.1, -0.05) is 16.8 Å². The third kappa shape index (κ3) is 3.05. The highest BCUT2D eigenvalue weighted by atomic mass is 35.5. The summed E-state index contributed by atoms with van der Waals surface area (Å²) in [6.45, 7) is 1.23. The number of hydrogen-bond acceptors (Lipinski definition) is 4. The van der Waals surface area contributed by atoms with Crippen molar-refractivity contribution in [3.05, 3.63) is 28.8 Å². The van der Waals surface area contributed by atoms with Crippen LogP contribution in [0.25, 0.3) is 0 Å². The van der Waals surface area contributed by atoms with Crippen LogP contribution in [0.1, 0.15) is 18.4 Å². The van der Waals surface area contributed by atoms with E-state index in [9.17, 15) is 0 Å². The lowest BCUT2D eigenvalue weighted by Gasteiger charge is -2.14. The molecule has 1 aliphatic rings. The van der Waals surface area contributed by atoms with Gasteiger partial charge in [0.1, 0.15) is 12.4 Å². The van der Waals surface area contributed by atoms with Crippen LogP contribution in [0, 0.1) is 0 Å². The van der Waals surface area contributed by atoms with E-state index in [-0.39, 0.29) is 11.9 Å². The van der Waals surface area contributed by atoms with Gasteiger partial charge in [0.25, 0.3) is 0 Å². The second kappa shape index (κ2) is 5.93. The van der Waals surface area contributed by atoms with Crippen molar-refractivity contribution in [2.45, 2.75) is 18.9 Å². The fourth-order valence-electron chi connectivity index (χ4n) is 1.84. The van der Waals surface area contributed by atoms with Crippen molar-refractivity contribution in [2.75, 3.05) is 13.2 Å². The lowest BCUT2D eigenvalue weighted by molar-refractivity contribution is 0.0679. The van der Waals surface area contributed by atoms with Crippen molar-refractivity contribution in [1.29, 1.82) is 0 Å². The van der Waals surface area contributed by atoms with E-state index in [4.69, 9.17) is 32.0 Å². The summed E-state index contributed by atoms with van der Waals surface area (Å²) < 4.78 is 11.1. The molecule has 0 radical (unpaired) electrons. The van der Waals surface area contributed by atoms with Crippen LogP contribution in [0.5, 0.6) is 5.75 Å². The Morgan fingerprint density at radius 2 is 2.44 bits per heavy atom. The molecule has 1 fully saturated rings. The second-order valence-electron chi connectivity index (χ2n) is 4.07. The number of rotatable bonds is 4.